The Morgan fingerprint density at radius 1 is 1.18 bits per heavy atom. The number of aromatic nitrogens is 2. The first kappa shape index (κ1) is 13.7. The Balaban J connectivity index is 0.00000144. The lowest BCUT2D eigenvalue weighted by Crippen LogP contribution is -2.16. The molecule has 2 N–H and O–H groups in total. The Hall–Kier alpha value is -1.39. The zero-order valence-electron chi connectivity index (χ0n) is 9.83. The minimum atomic E-state index is -0.204. The smallest absolute Gasteiger partial charge is 0.244 e. The molecule has 4 nitrogen and oxygen atoms in total. The molecule has 1 heterocycles. The van der Waals surface area contributed by atoms with Crippen LogP contribution in [0, 0.1) is 5.92 Å². The maximum atomic E-state index is 5.93. The van der Waals surface area contributed by atoms with Crippen LogP contribution in [0.2, 0.25) is 0 Å². The van der Waals surface area contributed by atoms with Crippen LogP contribution < -0.4 is 5.73 Å². The topological polar surface area (TPSA) is 64.9 Å². The summed E-state index contributed by atoms with van der Waals surface area (Å²) in [6, 6.07) is 9.50. The summed E-state index contributed by atoms with van der Waals surface area (Å²) in [7, 11) is 0. The van der Waals surface area contributed by atoms with Gasteiger partial charge in [0.2, 0.25) is 11.7 Å². The third-order valence-electron chi connectivity index (χ3n) is 2.48. The first-order chi connectivity index (χ1) is 7.68. The lowest BCUT2D eigenvalue weighted by molar-refractivity contribution is 0.325. The average Bonchev–Trinajstić information content (AvgIpc) is 2.78. The van der Waals surface area contributed by atoms with Gasteiger partial charge in [-0.2, -0.15) is 4.98 Å². The van der Waals surface area contributed by atoms with E-state index in [1.807, 2.05) is 44.2 Å². The van der Waals surface area contributed by atoms with Crippen molar-refractivity contribution in [2.75, 3.05) is 0 Å². The summed E-state index contributed by atoms with van der Waals surface area (Å²) in [4.78, 5) is 4.30. The zero-order valence-corrected chi connectivity index (χ0v) is 10.6. The Morgan fingerprint density at radius 3 is 2.41 bits per heavy atom. The highest BCUT2D eigenvalue weighted by molar-refractivity contribution is 5.85. The van der Waals surface area contributed by atoms with Crippen molar-refractivity contribution in [1.82, 2.24) is 10.1 Å². The molecular weight excluding hydrogens is 238 g/mol. The van der Waals surface area contributed by atoms with Crippen molar-refractivity contribution in [1.29, 1.82) is 0 Å². The summed E-state index contributed by atoms with van der Waals surface area (Å²) in [5.74, 6) is 1.37. The van der Waals surface area contributed by atoms with Crippen LogP contribution in [-0.2, 0) is 0 Å². The molecule has 1 aromatic heterocycles. The molecule has 0 unspecified atom stereocenters. The first-order valence-corrected chi connectivity index (χ1v) is 5.33. The van der Waals surface area contributed by atoms with E-state index in [0.29, 0.717) is 11.7 Å². The van der Waals surface area contributed by atoms with Gasteiger partial charge in [0.25, 0.3) is 0 Å². The molecule has 5 heteroatoms. The van der Waals surface area contributed by atoms with E-state index in [9.17, 15) is 0 Å². The Morgan fingerprint density at radius 2 is 1.82 bits per heavy atom. The fraction of sp³-hybridized carbons (Fsp3) is 0.333. The second kappa shape index (κ2) is 5.80. The molecular formula is C12H16ClN3O. The Bertz CT molecular complexity index is 456. The molecule has 2 aromatic rings. The number of hydrogen-bond donors (Lipinski definition) is 1. The molecule has 0 spiro atoms. The van der Waals surface area contributed by atoms with Crippen LogP contribution in [0.3, 0.4) is 0 Å². The summed E-state index contributed by atoms with van der Waals surface area (Å²) >= 11 is 0. The summed E-state index contributed by atoms with van der Waals surface area (Å²) < 4.78 is 5.16. The van der Waals surface area contributed by atoms with Crippen molar-refractivity contribution in [2.45, 2.75) is 19.9 Å². The fourth-order valence-electron chi connectivity index (χ4n) is 1.36. The van der Waals surface area contributed by atoms with Crippen LogP contribution in [0.25, 0.3) is 11.4 Å². The van der Waals surface area contributed by atoms with E-state index in [2.05, 4.69) is 10.1 Å². The molecule has 0 bridgehead atoms. The number of rotatable bonds is 3. The van der Waals surface area contributed by atoms with Gasteiger partial charge in [-0.25, -0.2) is 0 Å². The average molecular weight is 254 g/mol. The maximum absolute atomic E-state index is 5.93. The molecule has 2 rings (SSSR count). The largest absolute Gasteiger partial charge is 0.337 e. The van der Waals surface area contributed by atoms with Crippen LogP contribution in [0.1, 0.15) is 25.8 Å². The monoisotopic (exact) mass is 253 g/mol. The normalized spacial score (nSPS) is 12.2. The molecule has 1 atom stereocenters. The van der Waals surface area contributed by atoms with E-state index < -0.39 is 0 Å². The van der Waals surface area contributed by atoms with E-state index in [-0.39, 0.29) is 24.4 Å². The third kappa shape index (κ3) is 3.05. The van der Waals surface area contributed by atoms with Gasteiger partial charge < -0.3 is 10.3 Å². The Kier molecular flexibility index (Phi) is 4.66. The zero-order chi connectivity index (χ0) is 11.5. The minimum absolute atomic E-state index is 0. The molecule has 0 fully saturated rings. The molecule has 0 saturated carbocycles. The van der Waals surface area contributed by atoms with E-state index >= 15 is 0 Å². The summed E-state index contributed by atoms with van der Waals surface area (Å²) in [6.07, 6.45) is 0. The van der Waals surface area contributed by atoms with Crippen LogP contribution in [0.5, 0.6) is 0 Å². The molecule has 0 aliphatic rings. The number of benzene rings is 1. The number of halogens is 1. The van der Waals surface area contributed by atoms with Gasteiger partial charge in [-0.15, -0.1) is 12.4 Å². The van der Waals surface area contributed by atoms with Gasteiger partial charge in [0, 0.05) is 5.56 Å². The van der Waals surface area contributed by atoms with Gasteiger partial charge >= 0.3 is 0 Å². The first-order valence-electron chi connectivity index (χ1n) is 5.33. The standard InChI is InChI=1S/C12H15N3O.ClH/c1-8(2)10(13)12-14-11(15-16-12)9-6-4-3-5-7-9;/h3-8,10H,13H2,1-2H3;1H/t10-;/m0./s1. The van der Waals surface area contributed by atoms with Crippen molar-refractivity contribution in [3.05, 3.63) is 36.2 Å². The lowest BCUT2D eigenvalue weighted by Gasteiger charge is -2.09. The predicted octanol–water partition coefficient (Wildman–Crippen LogP) is 2.81. The molecule has 0 saturated heterocycles. The van der Waals surface area contributed by atoms with E-state index in [0.717, 1.165) is 5.56 Å². The maximum Gasteiger partial charge on any atom is 0.244 e. The van der Waals surface area contributed by atoms with Crippen LogP contribution in [0.4, 0.5) is 0 Å². The number of nitrogens with two attached hydrogens (primary N) is 1. The molecule has 0 aliphatic carbocycles. The highest BCUT2D eigenvalue weighted by Gasteiger charge is 2.18. The van der Waals surface area contributed by atoms with Crippen molar-refractivity contribution >= 4 is 12.4 Å². The highest BCUT2D eigenvalue weighted by Crippen LogP contribution is 2.20. The van der Waals surface area contributed by atoms with E-state index in [1.165, 1.54) is 0 Å². The van der Waals surface area contributed by atoms with Crippen LogP contribution >= 0.6 is 12.4 Å². The van der Waals surface area contributed by atoms with Crippen LogP contribution in [-0.4, -0.2) is 10.1 Å². The van der Waals surface area contributed by atoms with Crippen molar-refractivity contribution < 1.29 is 4.52 Å². The Labute approximate surface area is 107 Å². The van der Waals surface area contributed by atoms with Gasteiger partial charge in [-0.1, -0.05) is 49.3 Å². The second-order valence-electron chi connectivity index (χ2n) is 4.09. The summed E-state index contributed by atoms with van der Waals surface area (Å²) in [5.41, 5.74) is 6.87. The molecule has 0 amide bonds. The molecule has 0 radical (unpaired) electrons. The summed E-state index contributed by atoms with van der Waals surface area (Å²) in [5, 5.41) is 3.92. The molecule has 17 heavy (non-hydrogen) atoms. The van der Waals surface area contributed by atoms with Crippen LogP contribution in [0.15, 0.2) is 34.9 Å². The highest BCUT2D eigenvalue weighted by atomic mass is 35.5. The van der Waals surface area contributed by atoms with Gasteiger partial charge in [0.1, 0.15) is 0 Å². The van der Waals surface area contributed by atoms with Gasteiger partial charge in [0.05, 0.1) is 6.04 Å². The quantitative estimate of drug-likeness (QED) is 0.914. The number of nitrogens with zero attached hydrogens (tertiary/aromatic N) is 2. The van der Waals surface area contributed by atoms with Gasteiger partial charge in [0.15, 0.2) is 0 Å². The summed E-state index contributed by atoms with van der Waals surface area (Å²) in [6.45, 7) is 4.05. The lowest BCUT2D eigenvalue weighted by atomic mass is 10.1. The van der Waals surface area contributed by atoms with Gasteiger partial charge in [-0.05, 0) is 5.92 Å². The van der Waals surface area contributed by atoms with Crippen molar-refractivity contribution in [2.24, 2.45) is 11.7 Å². The van der Waals surface area contributed by atoms with E-state index in [4.69, 9.17) is 10.3 Å². The number of hydrogen-bond acceptors (Lipinski definition) is 4. The fourth-order valence-corrected chi connectivity index (χ4v) is 1.36. The molecule has 92 valence electrons. The molecule has 0 aliphatic heterocycles. The minimum Gasteiger partial charge on any atom is -0.337 e. The molecule has 1 aromatic carbocycles. The van der Waals surface area contributed by atoms with Gasteiger partial charge in [-0.3, -0.25) is 0 Å². The van der Waals surface area contributed by atoms with E-state index in [1.54, 1.807) is 0 Å². The van der Waals surface area contributed by atoms with Crippen molar-refractivity contribution in [3.63, 3.8) is 0 Å². The SMILES string of the molecule is CC(C)[C@H](N)c1nc(-c2ccccc2)no1.Cl. The second-order valence-corrected chi connectivity index (χ2v) is 4.09. The van der Waals surface area contributed by atoms with Crippen molar-refractivity contribution in [3.8, 4) is 11.4 Å². The third-order valence-corrected chi connectivity index (χ3v) is 2.48. The predicted molar refractivity (Wildman–Crippen MR) is 68.7 cm³/mol.